The van der Waals surface area contributed by atoms with Crippen molar-refractivity contribution in [3.05, 3.63) is 29.8 Å². The van der Waals surface area contributed by atoms with Gasteiger partial charge in [0.25, 0.3) is 0 Å². The summed E-state index contributed by atoms with van der Waals surface area (Å²) >= 11 is 0. The van der Waals surface area contributed by atoms with Crippen LogP contribution in [0.25, 0.3) is 0 Å². The van der Waals surface area contributed by atoms with Crippen LogP contribution >= 0.6 is 0 Å². The molecule has 1 fully saturated rings. The van der Waals surface area contributed by atoms with Crippen LogP contribution in [0.5, 0.6) is 0 Å². The molecule has 7 heteroatoms. The number of carboxylic acid groups (broad SMARTS) is 1. The van der Waals surface area contributed by atoms with Crippen molar-refractivity contribution in [2.45, 2.75) is 36.3 Å². The standard InChI is InChI=1S/C13H14F2O4S/c1-12(2)6-13(7-12,11(16)17)20(18,19)8-3-4-9(14)10(15)5-8/h3-5H,6-7H2,1-2H3,(H,16,17). The van der Waals surface area contributed by atoms with E-state index in [9.17, 15) is 27.1 Å². The monoisotopic (exact) mass is 304 g/mol. The Labute approximate surface area is 115 Å². The highest BCUT2D eigenvalue weighted by molar-refractivity contribution is 7.93. The Morgan fingerprint density at radius 2 is 1.75 bits per heavy atom. The topological polar surface area (TPSA) is 71.4 Å². The van der Waals surface area contributed by atoms with Gasteiger partial charge in [-0.15, -0.1) is 0 Å². The van der Waals surface area contributed by atoms with Crippen LogP contribution < -0.4 is 0 Å². The average molecular weight is 304 g/mol. The van der Waals surface area contributed by atoms with Crippen molar-refractivity contribution >= 4 is 15.8 Å². The van der Waals surface area contributed by atoms with Gasteiger partial charge in [-0.3, -0.25) is 4.79 Å². The molecule has 0 heterocycles. The van der Waals surface area contributed by atoms with Gasteiger partial charge in [0.1, 0.15) is 0 Å². The van der Waals surface area contributed by atoms with Gasteiger partial charge in [-0.1, -0.05) is 13.8 Å². The Hall–Kier alpha value is -1.50. The minimum absolute atomic E-state index is 0.0589. The van der Waals surface area contributed by atoms with Crippen LogP contribution in [0.1, 0.15) is 26.7 Å². The van der Waals surface area contributed by atoms with Crippen molar-refractivity contribution in [1.29, 1.82) is 0 Å². The van der Waals surface area contributed by atoms with Crippen LogP contribution in [0.4, 0.5) is 8.78 Å². The first-order valence-electron chi connectivity index (χ1n) is 5.95. The molecule has 0 aliphatic heterocycles. The first kappa shape index (κ1) is 14.9. The summed E-state index contributed by atoms with van der Waals surface area (Å²) in [5, 5.41) is 9.29. The molecule has 0 radical (unpaired) electrons. The number of hydrogen-bond acceptors (Lipinski definition) is 3. The lowest BCUT2D eigenvalue weighted by Crippen LogP contribution is -2.59. The summed E-state index contributed by atoms with van der Waals surface area (Å²) in [5.74, 6) is -3.95. The van der Waals surface area contributed by atoms with Gasteiger partial charge < -0.3 is 5.11 Å². The summed E-state index contributed by atoms with van der Waals surface area (Å²) in [4.78, 5) is 10.9. The van der Waals surface area contributed by atoms with Crippen LogP contribution in [-0.4, -0.2) is 24.2 Å². The van der Waals surface area contributed by atoms with Gasteiger partial charge in [0.05, 0.1) is 4.90 Å². The minimum atomic E-state index is -4.28. The predicted molar refractivity (Wildman–Crippen MR) is 66.9 cm³/mol. The lowest BCUT2D eigenvalue weighted by Gasteiger charge is -2.49. The highest BCUT2D eigenvalue weighted by Crippen LogP contribution is 2.54. The smallest absolute Gasteiger partial charge is 0.325 e. The van der Waals surface area contributed by atoms with Crippen LogP contribution in [0.15, 0.2) is 23.1 Å². The fourth-order valence-electron chi connectivity index (χ4n) is 2.82. The van der Waals surface area contributed by atoms with Gasteiger partial charge in [-0.2, -0.15) is 0 Å². The zero-order valence-corrected chi connectivity index (χ0v) is 11.8. The van der Waals surface area contributed by atoms with Crippen molar-refractivity contribution in [1.82, 2.24) is 0 Å². The summed E-state index contributed by atoms with van der Waals surface area (Å²) in [6, 6.07) is 2.10. The Balaban J connectivity index is 2.53. The molecule has 2 rings (SSSR count). The van der Waals surface area contributed by atoms with Gasteiger partial charge in [0.15, 0.2) is 26.2 Å². The highest BCUT2D eigenvalue weighted by atomic mass is 32.2. The molecule has 20 heavy (non-hydrogen) atoms. The Morgan fingerprint density at radius 1 is 1.20 bits per heavy atom. The van der Waals surface area contributed by atoms with Gasteiger partial charge in [0.2, 0.25) is 0 Å². The van der Waals surface area contributed by atoms with Crippen molar-refractivity contribution in [2.75, 3.05) is 0 Å². The molecule has 0 bridgehead atoms. The molecule has 0 aromatic heterocycles. The minimum Gasteiger partial charge on any atom is -0.480 e. The SMILES string of the molecule is CC1(C)CC(C(=O)O)(S(=O)(=O)c2ccc(F)c(F)c2)C1. The fraction of sp³-hybridized carbons (Fsp3) is 0.462. The van der Waals surface area contributed by atoms with Crippen molar-refractivity contribution in [3.8, 4) is 0 Å². The molecule has 110 valence electrons. The third kappa shape index (κ3) is 2.00. The quantitative estimate of drug-likeness (QED) is 0.870. The van der Waals surface area contributed by atoms with Crippen LogP contribution in [0.2, 0.25) is 0 Å². The maximum Gasteiger partial charge on any atom is 0.325 e. The maximum absolute atomic E-state index is 13.2. The summed E-state index contributed by atoms with van der Waals surface area (Å²) < 4.78 is 49.0. The summed E-state index contributed by atoms with van der Waals surface area (Å²) in [6.07, 6.45) is -0.118. The third-order valence-electron chi connectivity index (χ3n) is 3.63. The van der Waals surface area contributed by atoms with E-state index in [1.807, 2.05) is 0 Å². The molecule has 1 N–H and O–H groups in total. The van der Waals surface area contributed by atoms with Gasteiger partial charge >= 0.3 is 5.97 Å². The van der Waals surface area contributed by atoms with E-state index in [2.05, 4.69) is 0 Å². The molecule has 1 saturated carbocycles. The normalized spacial score (nSPS) is 20.2. The summed E-state index contributed by atoms with van der Waals surface area (Å²) in [6.45, 7) is 3.52. The van der Waals surface area contributed by atoms with E-state index in [-0.39, 0.29) is 12.8 Å². The van der Waals surface area contributed by atoms with Crippen LogP contribution in [0.3, 0.4) is 0 Å². The molecule has 0 spiro atoms. The molecule has 1 aliphatic carbocycles. The lowest BCUT2D eigenvalue weighted by molar-refractivity contribution is -0.146. The largest absolute Gasteiger partial charge is 0.480 e. The Kier molecular flexibility index (Phi) is 3.16. The van der Waals surface area contributed by atoms with Gasteiger partial charge in [0, 0.05) is 0 Å². The number of carbonyl (C=O) groups is 1. The number of rotatable bonds is 3. The highest BCUT2D eigenvalue weighted by Gasteiger charge is 2.63. The second-order valence-corrected chi connectivity index (χ2v) is 8.16. The Bertz CT molecular complexity index is 672. The molecule has 0 atom stereocenters. The zero-order valence-electron chi connectivity index (χ0n) is 11.0. The molecule has 0 saturated heterocycles. The van der Waals surface area contributed by atoms with E-state index < -0.39 is 42.5 Å². The summed E-state index contributed by atoms with van der Waals surface area (Å²) in [5.41, 5.74) is -0.413. The number of sulfone groups is 1. The average Bonchev–Trinajstić information content (AvgIpc) is 2.28. The van der Waals surface area contributed by atoms with Crippen LogP contribution in [-0.2, 0) is 14.6 Å². The van der Waals surface area contributed by atoms with Gasteiger partial charge in [-0.05, 0) is 36.5 Å². The first-order chi connectivity index (χ1) is 9.02. The molecule has 1 aromatic rings. The first-order valence-corrected chi connectivity index (χ1v) is 7.43. The number of hydrogen-bond donors (Lipinski definition) is 1. The van der Waals surface area contributed by atoms with Crippen molar-refractivity contribution in [2.24, 2.45) is 5.41 Å². The number of aliphatic carboxylic acids is 1. The molecule has 0 amide bonds. The van der Waals surface area contributed by atoms with Crippen LogP contribution in [0, 0.1) is 17.0 Å². The molecule has 1 aromatic carbocycles. The number of benzene rings is 1. The zero-order chi connectivity index (χ0) is 15.3. The molecular weight excluding hydrogens is 290 g/mol. The maximum atomic E-state index is 13.2. The van der Waals surface area contributed by atoms with E-state index in [4.69, 9.17) is 0 Å². The summed E-state index contributed by atoms with van der Waals surface area (Å²) in [7, 11) is -4.28. The lowest BCUT2D eigenvalue weighted by atomic mass is 9.64. The molecule has 1 aliphatic rings. The molecular formula is C13H14F2O4S. The predicted octanol–water partition coefficient (Wildman–Crippen LogP) is 2.38. The second-order valence-electron chi connectivity index (χ2n) is 5.90. The van der Waals surface area contributed by atoms with E-state index in [1.165, 1.54) is 0 Å². The van der Waals surface area contributed by atoms with E-state index >= 15 is 0 Å². The molecule has 4 nitrogen and oxygen atoms in total. The van der Waals surface area contributed by atoms with Crippen molar-refractivity contribution in [3.63, 3.8) is 0 Å². The van der Waals surface area contributed by atoms with Crippen molar-refractivity contribution < 1.29 is 27.1 Å². The Morgan fingerprint density at radius 3 is 2.15 bits per heavy atom. The fourth-order valence-corrected chi connectivity index (χ4v) is 5.17. The van der Waals surface area contributed by atoms with Gasteiger partial charge in [-0.25, -0.2) is 17.2 Å². The van der Waals surface area contributed by atoms with E-state index in [0.29, 0.717) is 12.1 Å². The second kappa shape index (κ2) is 4.25. The number of carboxylic acids is 1. The third-order valence-corrected chi connectivity index (χ3v) is 6.00. The van der Waals surface area contributed by atoms with E-state index in [0.717, 1.165) is 6.07 Å². The van der Waals surface area contributed by atoms with E-state index in [1.54, 1.807) is 13.8 Å². The molecule has 0 unspecified atom stereocenters. The number of halogens is 2.